The van der Waals surface area contributed by atoms with Gasteiger partial charge in [-0.05, 0) is 48.4 Å². The van der Waals surface area contributed by atoms with Crippen LogP contribution in [0.5, 0.6) is 11.5 Å². The third kappa shape index (κ3) is 2.56. The number of aryl methyl sites for hydroxylation is 1. The Balaban J connectivity index is 1.72. The second kappa shape index (κ2) is 5.70. The maximum Gasteiger partial charge on any atom is 0.158 e. The predicted molar refractivity (Wildman–Crippen MR) is 95.0 cm³/mol. The Morgan fingerprint density at radius 2 is 1.67 bits per heavy atom. The normalized spacial score (nSPS) is 10.9. The number of hydrogen-bond donors (Lipinski definition) is 2. The van der Waals surface area contributed by atoms with Crippen LogP contribution in [0.25, 0.3) is 22.2 Å². The summed E-state index contributed by atoms with van der Waals surface area (Å²) in [4.78, 5) is 4.43. The number of pyridine rings is 1. The molecule has 2 aromatic heterocycles. The number of fused-ring (bicyclic) bond motifs is 1. The van der Waals surface area contributed by atoms with Crippen molar-refractivity contribution in [3.63, 3.8) is 0 Å². The lowest BCUT2D eigenvalue weighted by atomic mass is 10.0. The lowest BCUT2D eigenvalue weighted by Gasteiger charge is -2.08. The van der Waals surface area contributed by atoms with Crippen molar-refractivity contribution >= 4 is 16.9 Å². The van der Waals surface area contributed by atoms with E-state index >= 15 is 0 Å². The van der Waals surface area contributed by atoms with E-state index in [-0.39, 0.29) is 0 Å². The van der Waals surface area contributed by atoms with E-state index in [0.29, 0.717) is 11.5 Å². The van der Waals surface area contributed by atoms with Crippen LogP contribution in [0.2, 0.25) is 0 Å². The zero-order valence-corrected chi connectivity index (χ0v) is 13.2. The number of nitrogens with zero attached hydrogens (tertiary/aromatic N) is 2. The number of H-pyrrole nitrogens is 1. The number of aromatic nitrogens is 3. The number of ether oxygens (including phenoxy) is 1. The SMILES string of the molecule is Cc1cc(-c2ccc(Oc3ccccc3)cc2)c2c(N)n[nH]c2n1. The van der Waals surface area contributed by atoms with E-state index in [1.807, 2.05) is 67.6 Å². The highest BCUT2D eigenvalue weighted by atomic mass is 16.5. The van der Waals surface area contributed by atoms with Gasteiger partial charge in [-0.25, -0.2) is 4.98 Å². The minimum Gasteiger partial charge on any atom is -0.457 e. The zero-order valence-electron chi connectivity index (χ0n) is 13.2. The fourth-order valence-electron chi connectivity index (χ4n) is 2.74. The summed E-state index contributed by atoms with van der Waals surface area (Å²) in [6, 6.07) is 19.6. The molecule has 118 valence electrons. The average molecular weight is 316 g/mol. The highest BCUT2D eigenvalue weighted by Crippen LogP contribution is 2.32. The van der Waals surface area contributed by atoms with Crippen LogP contribution in [0.1, 0.15) is 5.69 Å². The van der Waals surface area contributed by atoms with Crippen LogP contribution < -0.4 is 10.5 Å². The van der Waals surface area contributed by atoms with Crippen LogP contribution in [0.3, 0.4) is 0 Å². The summed E-state index contributed by atoms with van der Waals surface area (Å²) in [5.74, 6) is 2.05. The molecule has 0 saturated heterocycles. The van der Waals surface area contributed by atoms with Crippen molar-refractivity contribution in [1.29, 1.82) is 0 Å². The largest absolute Gasteiger partial charge is 0.457 e. The molecule has 0 aliphatic rings. The number of nitrogen functional groups attached to an aromatic ring is 1. The molecule has 5 nitrogen and oxygen atoms in total. The second-order valence-electron chi connectivity index (χ2n) is 5.58. The number of nitrogens with one attached hydrogen (secondary N) is 1. The standard InChI is InChI=1S/C19H16N4O/c1-12-11-16(17-18(20)22-23-19(17)21-12)13-7-9-15(10-8-13)24-14-5-3-2-4-6-14/h2-11H,1H3,(H3,20,21,22,23). The molecular weight excluding hydrogens is 300 g/mol. The molecular formula is C19H16N4O. The van der Waals surface area contributed by atoms with E-state index in [2.05, 4.69) is 15.2 Å². The molecule has 0 atom stereocenters. The monoisotopic (exact) mass is 316 g/mol. The van der Waals surface area contributed by atoms with E-state index in [1.165, 1.54) is 0 Å². The van der Waals surface area contributed by atoms with Crippen LogP contribution in [-0.2, 0) is 0 Å². The molecule has 0 fully saturated rings. The lowest BCUT2D eigenvalue weighted by Crippen LogP contribution is -1.90. The van der Waals surface area contributed by atoms with E-state index in [0.717, 1.165) is 33.7 Å². The van der Waals surface area contributed by atoms with Gasteiger partial charge >= 0.3 is 0 Å². The van der Waals surface area contributed by atoms with Crippen molar-refractivity contribution in [2.24, 2.45) is 0 Å². The summed E-state index contributed by atoms with van der Waals surface area (Å²) in [7, 11) is 0. The molecule has 4 rings (SSSR count). The minimum atomic E-state index is 0.456. The minimum absolute atomic E-state index is 0.456. The van der Waals surface area contributed by atoms with Crippen molar-refractivity contribution in [3.05, 3.63) is 66.4 Å². The summed E-state index contributed by atoms with van der Waals surface area (Å²) in [6.07, 6.45) is 0. The van der Waals surface area contributed by atoms with E-state index in [4.69, 9.17) is 10.5 Å². The maximum atomic E-state index is 5.99. The summed E-state index contributed by atoms with van der Waals surface area (Å²) in [5.41, 5.74) is 9.65. The van der Waals surface area contributed by atoms with Crippen molar-refractivity contribution in [2.45, 2.75) is 6.92 Å². The second-order valence-corrected chi connectivity index (χ2v) is 5.58. The smallest absolute Gasteiger partial charge is 0.158 e. The van der Waals surface area contributed by atoms with Gasteiger partial charge in [-0.2, -0.15) is 5.10 Å². The Kier molecular flexibility index (Phi) is 3.39. The zero-order chi connectivity index (χ0) is 16.5. The summed E-state index contributed by atoms with van der Waals surface area (Å²) < 4.78 is 5.83. The number of hydrogen-bond acceptors (Lipinski definition) is 4. The van der Waals surface area contributed by atoms with Crippen LogP contribution in [0, 0.1) is 6.92 Å². The van der Waals surface area contributed by atoms with Gasteiger partial charge in [-0.15, -0.1) is 0 Å². The molecule has 0 radical (unpaired) electrons. The van der Waals surface area contributed by atoms with Gasteiger partial charge in [0, 0.05) is 5.69 Å². The van der Waals surface area contributed by atoms with E-state index in [1.54, 1.807) is 0 Å². The number of anilines is 1. The van der Waals surface area contributed by atoms with Crippen molar-refractivity contribution in [2.75, 3.05) is 5.73 Å². The number of aromatic amines is 1. The Hall–Kier alpha value is -3.34. The molecule has 0 saturated carbocycles. The van der Waals surface area contributed by atoms with Crippen molar-refractivity contribution in [3.8, 4) is 22.6 Å². The van der Waals surface area contributed by atoms with Gasteiger partial charge in [-0.1, -0.05) is 30.3 Å². The van der Waals surface area contributed by atoms with Gasteiger partial charge in [0.05, 0.1) is 5.39 Å². The number of rotatable bonds is 3. The number of para-hydroxylation sites is 1. The molecule has 0 amide bonds. The molecule has 3 N–H and O–H groups in total. The van der Waals surface area contributed by atoms with E-state index in [9.17, 15) is 0 Å². The first-order chi connectivity index (χ1) is 11.7. The van der Waals surface area contributed by atoms with Gasteiger partial charge in [-0.3, -0.25) is 5.10 Å². The lowest BCUT2D eigenvalue weighted by molar-refractivity contribution is 0.483. The van der Waals surface area contributed by atoms with Gasteiger partial charge in [0.25, 0.3) is 0 Å². The maximum absolute atomic E-state index is 5.99. The third-order valence-electron chi connectivity index (χ3n) is 3.83. The summed E-state index contributed by atoms with van der Waals surface area (Å²) in [6.45, 7) is 1.95. The molecule has 2 aromatic carbocycles. The summed E-state index contributed by atoms with van der Waals surface area (Å²) >= 11 is 0. The van der Waals surface area contributed by atoms with Gasteiger partial charge < -0.3 is 10.5 Å². The highest BCUT2D eigenvalue weighted by Gasteiger charge is 2.12. The molecule has 0 unspecified atom stereocenters. The topological polar surface area (TPSA) is 76.8 Å². The Bertz CT molecular complexity index is 991. The summed E-state index contributed by atoms with van der Waals surface area (Å²) in [5, 5.41) is 7.78. The fraction of sp³-hybridized carbons (Fsp3) is 0.0526. The Labute approximate surface area is 139 Å². The van der Waals surface area contributed by atoms with Crippen molar-refractivity contribution in [1.82, 2.24) is 15.2 Å². The molecule has 0 aliphatic carbocycles. The van der Waals surface area contributed by atoms with Gasteiger partial charge in [0.1, 0.15) is 11.5 Å². The first-order valence-electron chi connectivity index (χ1n) is 7.65. The molecule has 0 spiro atoms. The van der Waals surface area contributed by atoms with Gasteiger partial charge in [0.2, 0.25) is 0 Å². The molecule has 5 heteroatoms. The van der Waals surface area contributed by atoms with E-state index < -0.39 is 0 Å². The first kappa shape index (κ1) is 14.3. The average Bonchev–Trinajstić information content (AvgIpc) is 2.97. The Morgan fingerprint density at radius 1 is 0.958 bits per heavy atom. The number of benzene rings is 2. The molecule has 0 bridgehead atoms. The number of nitrogens with two attached hydrogens (primary N) is 1. The Morgan fingerprint density at radius 3 is 2.42 bits per heavy atom. The van der Waals surface area contributed by atoms with Crippen molar-refractivity contribution < 1.29 is 4.74 Å². The fourth-order valence-corrected chi connectivity index (χ4v) is 2.74. The van der Waals surface area contributed by atoms with Crippen LogP contribution in [0.15, 0.2) is 60.7 Å². The molecule has 0 aliphatic heterocycles. The van der Waals surface area contributed by atoms with Gasteiger partial charge in [0.15, 0.2) is 11.5 Å². The molecule has 24 heavy (non-hydrogen) atoms. The van der Waals surface area contributed by atoms with Crippen LogP contribution >= 0.6 is 0 Å². The predicted octanol–water partition coefficient (Wildman–Crippen LogP) is 4.31. The highest BCUT2D eigenvalue weighted by molar-refractivity contribution is 5.99. The molecule has 4 aromatic rings. The first-order valence-corrected chi connectivity index (χ1v) is 7.65. The van der Waals surface area contributed by atoms with Crippen LogP contribution in [0.4, 0.5) is 5.82 Å². The van der Waals surface area contributed by atoms with Crippen LogP contribution in [-0.4, -0.2) is 15.2 Å². The quantitative estimate of drug-likeness (QED) is 0.590. The molecule has 2 heterocycles. The third-order valence-corrected chi connectivity index (χ3v) is 3.83.